The van der Waals surface area contributed by atoms with Gasteiger partial charge in [-0.05, 0) is 42.5 Å². The quantitative estimate of drug-likeness (QED) is 0.413. The maximum atomic E-state index is 12.3. The molecule has 0 bridgehead atoms. The van der Waals surface area contributed by atoms with Crippen molar-refractivity contribution in [1.29, 1.82) is 0 Å². The zero-order valence-electron chi connectivity index (χ0n) is 15.4. The number of carbonyl (C=O) groups is 1. The van der Waals surface area contributed by atoms with Gasteiger partial charge in [0, 0.05) is 30.1 Å². The number of pyridine rings is 1. The molecule has 1 amide bonds. The highest BCUT2D eigenvalue weighted by molar-refractivity contribution is 6.05. The topological polar surface area (TPSA) is 89.3 Å². The molecule has 1 heterocycles. The molecule has 0 saturated heterocycles. The van der Waals surface area contributed by atoms with E-state index in [0.29, 0.717) is 36.0 Å². The third-order valence-electron chi connectivity index (χ3n) is 4.05. The molecule has 0 aliphatic rings. The van der Waals surface area contributed by atoms with Crippen LogP contribution in [0.5, 0.6) is 0 Å². The monoisotopic (exact) mass is 374 g/mol. The van der Waals surface area contributed by atoms with Gasteiger partial charge >= 0.3 is 0 Å². The molecule has 0 aliphatic carbocycles. The molecular weight excluding hydrogens is 352 g/mol. The summed E-state index contributed by atoms with van der Waals surface area (Å²) in [5, 5.41) is 5.92. The molecule has 0 saturated carbocycles. The molecule has 3 aromatic rings. The highest BCUT2D eigenvalue weighted by atomic mass is 16.5. The number of carbonyl (C=O) groups excluding carboxylic acids is 1. The molecule has 0 spiro atoms. The molecule has 0 atom stereocenters. The Morgan fingerprint density at radius 2 is 1.82 bits per heavy atom. The standard InChI is InChI=1S/C22H22N4O2/c1-16(28-15-18-5-4-12-24-13-18)25-14-17-8-10-19(11-9-17)22(27)26-21-7-3-2-6-20(21)23/h2-13,25H,1,14-15,23H2,(H,26,27). The van der Waals surface area contributed by atoms with Crippen LogP contribution in [0.4, 0.5) is 11.4 Å². The van der Waals surface area contributed by atoms with Gasteiger partial charge in [0.25, 0.3) is 5.91 Å². The summed E-state index contributed by atoms with van der Waals surface area (Å²) in [4.78, 5) is 16.4. The Labute approximate surface area is 164 Å². The number of benzene rings is 2. The fourth-order valence-corrected chi connectivity index (χ4v) is 2.48. The number of nitrogens with two attached hydrogens (primary N) is 1. The number of aromatic nitrogens is 1. The Hall–Kier alpha value is -3.80. The van der Waals surface area contributed by atoms with Gasteiger partial charge in [0.15, 0.2) is 5.88 Å². The predicted octanol–water partition coefficient (Wildman–Crippen LogP) is 3.69. The van der Waals surface area contributed by atoms with Crippen LogP contribution in [-0.4, -0.2) is 10.9 Å². The molecule has 0 unspecified atom stereocenters. The van der Waals surface area contributed by atoms with Gasteiger partial charge < -0.3 is 21.1 Å². The van der Waals surface area contributed by atoms with Crippen molar-refractivity contribution in [2.24, 2.45) is 0 Å². The van der Waals surface area contributed by atoms with Gasteiger partial charge in [-0.1, -0.05) is 30.3 Å². The van der Waals surface area contributed by atoms with E-state index in [1.807, 2.05) is 36.4 Å². The Bertz CT molecular complexity index is 940. The van der Waals surface area contributed by atoms with Crippen molar-refractivity contribution >= 4 is 17.3 Å². The second-order valence-electron chi connectivity index (χ2n) is 6.16. The second-order valence-corrected chi connectivity index (χ2v) is 6.16. The molecule has 28 heavy (non-hydrogen) atoms. The van der Waals surface area contributed by atoms with E-state index in [-0.39, 0.29) is 5.91 Å². The number of hydrogen-bond acceptors (Lipinski definition) is 5. The summed E-state index contributed by atoms with van der Waals surface area (Å²) >= 11 is 0. The zero-order chi connectivity index (χ0) is 19.8. The van der Waals surface area contributed by atoms with Crippen molar-refractivity contribution in [2.75, 3.05) is 11.1 Å². The fourth-order valence-electron chi connectivity index (χ4n) is 2.48. The van der Waals surface area contributed by atoms with Crippen LogP contribution in [0, 0.1) is 0 Å². The van der Waals surface area contributed by atoms with Crippen molar-refractivity contribution in [2.45, 2.75) is 13.2 Å². The van der Waals surface area contributed by atoms with Gasteiger partial charge in [-0.25, -0.2) is 0 Å². The normalized spacial score (nSPS) is 10.1. The molecule has 0 aliphatic heterocycles. The molecule has 4 N–H and O–H groups in total. The molecule has 6 heteroatoms. The SMILES string of the molecule is C=C(NCc1ccc(C(=O)Nc2ccccc2N)cc1)OCc1cccnc1. The van der Waals surface area contributed by atoms with Gasteiger partial charge in [0.2, 0.25) is 0 Å². The molecule has 1 aromatic heterocycles. The van der Waals surface area contributed by atoms with E-state index in [9.17, 15) is 4.79 Å². The third kappa shape index (κ3) is 5.35. The van der Waals surface area contributed by atoms with Crippen molar-refractivity contribution in [1.82, 2.24) is 10.3 Å². The molecule has 2 aromatic carbocycles. The van der Waals surface area contributed by atoms with Crippen LogP contribution in [0.25, 0.3) is 0 Å². The van der Waals surface area contributed by atoms with Gasteiger partial charge in [0.1, 0.15) is 6.61 Å². The number of para-hydroxylation sites is 2. The van der Waals surface area contributed by atoms with Crippen LogP contribution in [0.3, 0.4) is 0 Å². The first-order valence-corrected chi connectivity index (χ1v) is 8.81. The number of anilines is 2. The summed E-state index contributed by atoms with van der Waals surface area (Å²) in [6, 6.07) is 18.2. The number of nitrogen functional groups attached to an aromatic ring is 1. The molecule has 142 valence electrons. The average Bonchev–Trinajstić information content (AvgIpc) is 2.73. The molecule has 0 fully saturated rings. The molecule has 6 nitrogen and oxygen atoms in total. The van der Waals surface area contributed by atoms with Gasteiger partial charge in [0.05, 0.1) is 11.4 Å². The maximum absolute atomic E-state index is 12.3. The zero-order valence-corrected chi connectivity index (χ0v) is 15.4. The molecular formula is C22H22N4O2. The third-order valence-corrected chi connectivity index (χ3v) is 4.05. The molecule has 3 rings (SSSR count). The maximum Gasteiger partial charge on any atom is 0.255 e. The Morgan fingerprint density at radius 1 is 1.04 bits per heavy atom. The van der Waals surface area contributed by atoms with Gasteiger partial charge in [-0.3, -0.25) is 9.78 Å². The number of amides is 1. The fraction of sp³-hybridized carbons (Fsp3) is 0.0909. The van der Waals surface area contributed by atoms with E-state index >= 15 is 0 Å². The number of rotatable bonds is 8. The predicted molar refractivity (Wildman–Crippen MR) is 110 cm³/mol. The van der Waals surface area contributed by atoms with Gasteiger partial charge in [-0.15, -0.1) is 0 Å². The van der Waals surface area contributed by atoms with Crippen molar-refractivity contribution in [3.8, 4) is 0 Å². The summed E-state index contributed by atoms with van der Waals surface area (Å²) in [5.74, 6) is 0.270. The van der Waals surface area contributed by atoms with E-state index in [0.717, 1.165) is 11.1 Å². The van der Waals surface area contributed by atoms with Gasteiger partial charge in [-0.2, -0.15) is 0 Å². The summed E-state index contributed by atoms with van der Waals surface area (Å²) < 4.78 is 5.57. The lowest BCUT2D eigenvalue weighted by Gasteiger charge is -2.12. The van der Waals surface area contributed by atoms with Crippen LogP contribution in [0.15, 0.2) is 85.5 Å². The number of nitrogens with zero attached hydrogens (tertiary/aromatic N) is 1. The first kappa shape index (κ1) is 19.0. The van der Waals surface area contributed by atoms with Crippen LogP contribution in [0.1, 0.15) is 21.5 Å². The lowest BCUT2D eigenvalue weighted by atomic mass is 10.1. The van der Waals surface area contributed by atoms with E-state index in [2.05, 4.69) is 22.2 Å². The second kappa shape index (κ2) is 9.23. The Morgan fingerprint density at radius 3 is 2.54 bits per heavy atom. The summed E-state index contributed by atoms with van der Waals surface area (Å²) in [7, 11) is 0. The van der Waals surface area contributed by atoms with Crippen LogP contribution < -0.4 is 16.4 Å². The largest absolute Gasteiger partial charge is 0.475 e. The molecule has 0 radical (unpaired) electrons. The minimum Gasteiger partial charge on any atom is -0.475 e. The van der Waals surface area contributed by atoms with Crippen molar-refractivity contribution < 1.29 is 9.53 Å². The van der Waals surface area contributed by atoms with Crippen LogP contribution in [-0.2, 0) is 17.9 Å². The number of hydrogen-bond donors (Lipinski definition) is 3. The minimum absolute atomic E-state index is 0.207. The van der Waals surface area contributed by atoms with Crippen molar-refractivity contribution in [3.63, 3.8) is 0 Å². The minimum atomic E-state index is -0.207. The average molecular weight is 374 g/mol. The number of ether oxygens (including phenoxy) is 1. The number of nitrogens with one attached hydrogen (secondary N) is 2. The lowest BCUT2D eigenvalue weighted by Crippen LogP contribution is -2.15. The van der Waals surface area contributed by atoms with E-state index in [4.69, 9.17) is 10.5 Å². The first-order valence-electron chi connectivity index (χ1n) is 8.81. The Balaban J connectivity index is 1.48. The van der Waals surface area contributed by atoms with Crippen LogP contribution >= 0.6 is 0 Å². The Kier molecular flexibility index (Phi) is 6.25. The lowest BCUT2D eigenvalue weighted by molar-refractivity contribution is 0.102. The van der Waals surface area contributed by atoms with Crippen LogP contribution in [0.2, 0.25) is 0 Å². The highest BCUT2D eigenvalue weighted by Crippen LogP contribution is 2.18. The summed E-state index contributed by atoms with van der Waals surface area (Å²) in [5.41, 5.74) is 9.51. The summed E-state index contributed by atoms with van der Waals surface area (Å²) in [6.07, 6.45) is 3.47. The highest BCUT2D eigenvalue weighted by Gasteiger charge is 2.08. The van der Waals surface area contributed by atoms with E-state index in [1.165, 1.54) is 0 Å². The summed E-state index contributed by atoms with van der Waals surface area (Å²) in [6.45, 7) is 4.80. The smallest absolute Gasteiger partial charge is 0.255 e. The first-order chi connectivity index (χ1) is 13.6. The van der Waals surface area contributed by atoms with E-state index in [1.54, 1.807) is 36.7 Å². The van der Waals surface area contributed by atoms with E-state index < -0.39 is 0 Å². The van der Waals surface area contributed by atoms with Crippen molar-refractivity contribution in [3.05, 3.63) is 102 Å².